The molecule has 1 saturated heterocycles. The van der Waals surface area contributed by atoms with Crippen LogP contribution in [0.25, 0.3) is 0 Å². The van der Waals surface area contributed by atoms with Crippen LogP contribution in [-0.2, 0) is 6.54 Å². The van der Waals surface area contributed by atoms with E-state index in [4.69, 9.17) is 5.11 Å². The topological polar surface area (TPSA) is 69.6 Å². The predicted octanol–water partition coefficient (Wildman–Crippen LogP) is 2.35. The quantitative estimate of drug-likeness (QED) is 0.842. The van der Waals surface area contributed by atoms with Crippen LogP contribution < -0.4 is 5.32 Å². The van der Waals surface area contributed by atoms with Crippen LogP contribution in [-0.4, -0.2) is 35.1 Å². The van der Waals surface area contributed by atoms with Gasteiger partial charge in [-0.1, -0.05) is 24.3 Å². The Bertz CT molecular complexity index is 647. The van der Waals surface area contributed by atoms with E-state index in [0.717, 1.165) is 18.7 Å². The summed E-state index contributed by atoms with van der Waals surface area (Å²) in [6.07, 6.45) is 5.94. The maximum Gasteiger partial charge on any atom is 0.335 e. The molecule has 5 heteroatoms. The lowest BCUT2D eigenvalue weighted by Gasteiger charge is -2.19. The molecule has 2 N–H and O–H groups in total. The van der Waals surface area contributed by atoms with E-state index in [2.05, 4.69) is 17.5 Å². The number of nitrogens with one attached hydrogen (secondary N) is 1. The zero-order valence-electron chi connectivity index (χ0n) is 12.8. The Hall–Kier alpha value is -2.30. The normalized spacial score (nSPS) is 30.5. The molecular weight excluding hydrogens is 292 g/mol. The minimum Gasteiger partial charge on any atom is -0.478 e. The first-order chi connectivity index (χ1) is 11.1. The highest BCUT2D eigenvalue weighted by atomic mass is 16.4. The van der Waals surface area contributed by atoms with Crippen LogP contribution >= 0.6 is 0 Å². The fraction of sp³-hybridized carbons (Fsp3) is 0.444. The summed E-state index contributed by atoms with van der Waals surface area (Å²) >= 11 is 0. The van der Waals surface area contributed by atoms with Gasteiger partial charge in [-0.2, -0.15) is 0 Å². The number of nitrogens with zero attached hydrogens (tertiary/aromatic N) is 1. The van der Waals surface area contributed by atoms with Crippen LogP contribution in [0.5, 0.6) is 0 Å². The third kappa shape index (κ3) is 2.50. The molecule has 1 aromatic rings. The van der Waals surface area contributed by atoms with Gasteiger partial charge in [-0.25, -0.2) is 9.59 Å². The Morgan fingerprint density at radius 2 is 1.70 bits per heavy atom. The average Bonchev–Trinajstić information content (AvgIpc) is 3.25. The Balaban J connectivity index is 1.32. The molecule has 0 aromatic heterocycles. The summed E-state index contributed by atoms with van der Waals surface area (Å²) in [7, 11) is 0. The van der Waals surface area contributed by atoms with Gasteiger partial charge in [0.1, 0.15) is 0 Å². The molecule has 4 rings (SSSR count). The number of benzene rings is 1. The van der Waals surface area contributed by atoms with E-state index in [9.17, 15) is 9.59 Å². The number of carboxylic acids is 1. The van der Waals surface area contributed by atoms with Gasteiger partial charge in [0, 0.05) is 19.6 Å². The number of hydrogen-bond donors (Lipinski definition) is 2. The first-order valence-corrected chi connectivity index (χ1v) is 8.15. The van der Waals surface area contributed by atoms with Crippen molar-refractivity contribution in [3.05, 3.63) is 47.5 Å². The summed E-state index contributed by atoms with van der Waals surface area (Å²) < 4.78 is 0. The second kappa shape index (κ2) is 5.41. The summed E-state index contributed by atoms with van der Waals surface area (Å²) in [5.74, 6) is 1.70. The third-order valence-electron chi connectivity index (χ3n) is 5.59. The van der Waals surface area contributed by atoms with E-state index in [-0.39, 0.29) is 11.6 Å². The van der Waals surface area contributed by atoms with Crippen molar-refractivity contribution in [2.45, 2.75) is 13.0 Å². The van der Waals surface area contributed by atoms with Crippen molar-refractivity contribution in [1.82, 2.24) is 10.2 Å². The number of hydrogen-bond acceptors (Lipinski definition) is 2. The van der Waals surface area contributed by atoms with Gasteiger partial charge >= 0.3 is 12.0 Å². The number of likely N-dealkylation sites (tertiary alicyclic amines) is 1. The van der Waals surface area contributed by atoms with Crippen LogP contribution in [0.2, 0.25) is 0 Å². The molecule has 0 radical (unpaired) electrons. The van der Waals surface area contributed by atoms with Gasteiger partial charge < -0.3 is 15.3 Å². The van der Waals surface area contributed by atoms with E-state index in [1.54, 1.807) is 24.3 Å². The number of aromatic carboxylic acids is 1. The first-order valence-electron chi connectivity index (χ1n) is 8.15. The minimum atomic E-state index is -0.938. The maximum atomic E-state index is 12.4. The molecule has 2 amide bonds. The highest BCUT2D eigenvalue weighted by Gasteiger charge is 2.50. The van der Waals surface area contributed by atoms with Gasteiger partial charge in [-0.3, -0.25) is 0 Å². The van der Waals surface area contributed by atoms with Gasteiger partial charge in [0.15, 0.2) is 0 Å². The Labute approximate surface area is 135 Å². The molecule has 1 saturated carbocycles. The van der Waals surface area contributed by atoms with Crippen LogP contribution in [0.4, 0.5) is 4.79 Å². The van der Waals surface area contributed by atoms with Gasteiger partial charge in [-0.15, -0.1) is 0 Å². The number of rotatable bonds is 3. The lowest BCUT2D eigenvalue weighted by Crippen LogP contribution is -2.39. The van der Waals surface area contributed by atoms with Crippen molar-refractivity contribution in [2.24, 2.45) is 23.7 Å². The molecule has 3 aliphatic rings. The number of allylic oxidation sites excluding steroid dienone is 2. The molecule has 2 unspecified atom stereocenters. The summed E-state index contributed by atoms with van der Waals surface area (Å²) in [5, 5.41) is 11.8. The van der Waals surface area contributed by atoms with Crippen molar-refractivity contribution < 1.29 is 14.7 Å². The predicted molar refractivity (Wildman–Crippen MR) is 84.9 cm³/mol. The van der Waals surface area contributed by atoms with Gasteiger partial charge in [-0.05, 0) is 47.8 Å². The van der Waals surface area contributed by atoms with Crippen LogP contribution in [0.15, 0.2) is 36.4 Å². The number of carbonyl (C=O) groups is 2. The molecule has 4 atom stereocenters. The lowest BCUT2D eigenvalue weighted by molar-refractivity contribution is 0.0697. The molecule has 1 aromatic carbocycles. The molecule has 2 aliphatic carbocycles. The summed E-state index contributed by atoms with van der Waals surface area (Å²) in [5.41, 5.74) is 1.17. The zero-order valence-corrected chi connectivity index (χ0v) is 12.8. The van der Waals surface area contributed by atoms with Gasteiger partial charge in [0.25, 0.3) is 0 Å². The van der Waals surface area contributed by atoms with E-state index in [1.165, 1.54) is 6.42 Å². The van der Waals surface area contributed by atoms with E-state index >= 15 is 0 Å². The fourth-order valence-electron chi connectivity index (χ4n) is 4.37. The van der Waals surface area contributed by atoms with E-state index in [1.807, 2.05) is 4.90 Å². The first kappa shape index (κ1) is 14.3. The van der Waals surface area contributed by atoms with Crippen LogP contribution in [0.3, 0.4) is 0 Å². The monoisotopic (exact) mass is 312 g/mol. The molecule has 0 spiro atoms. The maximum absolute atomic E-state index is 12.4. The van der Waals surface area contributed by atoms with Gasteiger partial charge in [0.2, 0.25) is 0 Å². The smallest absolute Gasteiger partial charge is 0.335 e. The molecule has 1 aliphatic heterocycles. The van der Waals surface area contributed by atoms with Crippen molar-refractivity contribution in [3.8, 4) is 0 Å². The van der Waals surface area contributed by atoms with Crippen molar-refractivity contribution in [2.75, 3.05) is 13.1 Å². The summed E-state index contributed by atoms with van der Waals surface area (Å²) in [6.45, 7) is 2.15. The highest BCUT2D eigenvalue weighted by Crippen LogP contribution is 2.51. The third-order valence-corrected chi connectivity index (χ3v) is 5.59. The van der Waals surface area contributed by atoms with Gasteiger partial charge in [0.05, 0.1) is 5.56 Å². The number of urea groups is 1. The second-order valence-electron chi connectivity index (χ2n) is 6.84. The summed E-state index contributed by atoms with van der Waals surface area (Å²) in [6, 6.07) is 6.60. The Kier molecular flexibility index (Phi) is 3.36. The van der Waals surface area contributed by atoms with E-state index < -0.39 is 5.97 Å². The zero-order chi connectivity index (χ0) is 16.0. The molecule has 23 heavy (non-hydrogen) atoms. The minimum absolute atomic E-state index is 0.0129. The summed E-state index contributed by atoms with van der Waals surface area (Å²) in [4.78, 5) is 25.1. The average molecular weight is 312 g/mol. The van der Waals surface area contributed by atoms with Crippen LogP contribution in [0, 0.1) is 23.7 Å². The molecular formula is C18H20N2O3. The van der Waals surface area contributed by atoms with E-state index in [0.29, 0.717) is 30.2 Å². The lowest BCUT2D eigenvalue weighted by atomic mass is 9.86. The number of amides is 2. The van der Waals surface area contributed by atoms with Crippen molar-refractivity contribution in [1.29, 1.82) is 0 Å². The highest BCUT2D eigenvalue weighted by molar-refractivity contribution is 5.87. The molecule has 5 nitrogen and oxygen atoms in total. The number of carboxylic acid groups (broad SMARTS) is 1. The molecule has 2 fully saturated rings. The second-order valence-corrected chi connectivity index (χ2v) is 6.84. The molecule has 120 valence electrons. The molecule has 2 bridgehead atoms. The number of carbonyl (C=O) groups excluding carboxylic acids is 1. The Morgan fingerprint density at radius 1 is 1.09 bits per heavy atom. The standard InChI is InChI=1S/C18H20N2O3/c21-17(22)12-3-1-11(2-4-12)8-19-18(23)20-9-15-13-5-6-14(7-13)16(15)10-20/h1-6,13-16H,7-10H2,(H,19,23)(H,21,22)/t13?,14?,15-,16+. The van der Waals surface area contributed by atoms with Crippen molar-refractivity contribution in [3.63, 3.8) is 0 Å². The van der Waals surface area contributed by atoms with Crippen molar-refractivity contribution >= 4 is 12.0 Å². The molecule has 1 heterocycles. The number of fused-ring (bicyclic) bond motifs is 5. The Morgan fingerprint density at radius 3 is 2.26 bits per heavy atom. The fourth-order valence-corrected chi connectivity index (χ4v) is 4.37. The SMILES string of the molecule is O=C(O)c1ccc(CNC(=O)N2C[C@@H]3C4C=CC(C4)[C@@H]3C2)cc1. The largest absolute Gasteiger partial charge is 0.478 e. The van der Waals surface area contributed by atoms with Crippen LogP contribution in [0.1, 0.15) is 22.3 Å².